The van der Waals surface area contributed by atoms with Gasteiger partial charge in [-0.3, -0.25) is 9.59 Å². The smallest absolute Gasteiger partial charge is 0.317 e. The summed E-state index contributed by atoms with van der Waals surface area (Å²) in [5.41, 5.74) is 6.27. The number of carbonyl (C=O) groups excluding carboxylic acids is 2. The number of carbonyl (C=O) groups is 2. The average molecular weight is 1170 g/mol. The first kappa shape index (κ1) is 59.9. The van der Waals surface area contributed by atoms with Gasteiger partial charge in [-0.1, -0.05) is 116 Å². The molecule has 4 saturated carbocycles. The summed E-state index contributed by atoms with van der Waals surface area (Å²) in [5.74, 6) is 4.53. The van der Waals surface area contributed by atoms with Gasteiger partial charge in [0.05, 0.1) is 44.7 Å². The normalized spacial score (nSPS) is 17.4. The van der Waals surface area contributed by atoms with Gasteiger partial charge in [-0.25, -0.2) is 0 Å². The Bertz CT molecular complexity index is 3430. The highest BCUT2D eigenvalue weighted by molar-refractivity contribution is 7.97. The third-order valence-corrected chi connectivity index (χ3v) is 22.9. The topological polar surface area (TPSA) is 61.8 Å². The van der Waals surface area contributed by atoms with Crippen LogP contribution in [0.4, 0.5) is 0 Å². The minimum absolute atomic E-state index is 0.0377. The molecule has 4 bridgehead atoms. The number of ether oxygens (including phenoxy) is 3. The first-order chi connectivity index (χ1) is 40.8. The van der Waals surface area contributed by atoms with Gasteiger partial charge in [-0.2, -0.15) is 0 Å². The van der Waals surface area contributed by atoms with Gasteiger partial charge in [-0.15, -0.1) is 0 Å². The summed E-state index contributed by atoms with van der Waals surface area (Å²) in [6.07, 6.45) is 7.50. The summed E-state index contributed by atoms with van der Waals surface area (Å²) in [7, 11) is -0.507. The molecule has 9 aromatic carbocycles. The second-order valence-electron chi connectivity index (χ2n) is 22.8. The van der Waals surface area contributed by atoms with Crippen molar-refractivity contribution in [3.05, 3.63) is 252 Å². The number of aryl methyl sites for hydroxylation is 6. The van der Waals surface area contributed by atoms with Crippen molar-refractivity contribution < 1.29 is 23.8 Å². The molecule has 9 aromatic rings. The van der Waals surface area contributed by atoms with Crippen LogP contribution in [-0.4, -0.2) is 18.5 Å². The zero-order chi connectivity index (χ0) is 58.7. The van der Waals surface area contributed by atoms with Gasteiger partial charge in [0.2, 0.25) is 0 Å². The van der Waals surface area contributed by atoms with E-state index in [1.807, 2.05) is 39.8 Å². The fourth-order valence-corrected chi connectivity index (χ4v) is 19.9. The first-order valence-corrected chi connectivity index (χ1v) is 33.4. The minimum Gasteiger partial charge on any atom is -0.493 e. The number of hydrogen-bond acceptors (Lipinski definition) is 5. The lowest BCUT2D eigenvalue weighted by atomic mass is 9.49. The maximum Gasteiger partial charge on any atom is 0.317 e. The molecule has 0 unspecified atom stereocenters. The Morgan fingerprint density at radius 3 is 0.869 bits per heavy atom. The molecule has 0 N–H and O–H groups in total. The lowest BCUT2D eigenvalue weighted by Crippen LogP contribution is -2.51. The summed E-state index contributed by atoms with van der Waals surface area (Å²) in [5, 5.41) is 0. The van der Waals surface area contributed by atoms with E-state index >= 15 is 0 Å². The zero-order valence-electron chi connectivity index (χ0n) is 49.9. The molecule has 0 aliphatic heterocycles. The van der Waals surface area contributed by atoms with Crippen LogP contribution in [0.25, 0.3) is 0 Å². The SMILES string of the molecule is CCC(=O)Oc1c(C)cc([S+](c2ccccc2)c2ccccc2)cc1C.CCOc1c(C)cc([S+](c2ccccc2)c2ccccc2)cc1C.Cc1cc([S+](c2ccccc2)c2ccccc2)cc(C)c1OC(=O)C12CC3CC(CC(C3)C1)C2. The Hall–Kier alpha value is -7.23. The Balaban J connectivity index is 0.000000143. The third kappa shape index (κ3) is 14.0. The predicted octanol–water partition coefficient (Wildman–Crippen LogP) is 19.0. The highest BCUT2D eigenvalue weighted by atomic mass is 32.2. The maximum absolute atomic E-state index is 13.6. The molecule has 0 amide bonds. The second-order valence-corrected chi connectivity index (χ2v) is 28.9. The van der Waals surface area contributed by atoms with Gasteiger partial charge in [0.25, 0.3) is 0 Å². The Morgan fingerprint density at radius 2 is 0.619 bits per heavy atom. The summed E-state index contributed by atoms with van der Waals surface area (Å²) in [6.45, 7) is 17.0. The van der Waals surface area contributed by atoms with Crippen molar-refractivity contribution in [2.75, 3.05) is 6.61 Å². The van der Waals surface area contributed by atoms with Gasteiger partial charge < -0.3 is 14.2 Å². The van der Waals surface area contributed by atoms with E-state index in [2.05, 4.69) is 234 Å². The monoisotopic (exact) mass is 1170 g/mol. The number of benzene rings is 9. The Kier molecular flexibility index (Phi) is 19.7. The summed E-state index contributed by atoms with van der Waals surface area (Å²) >= 11 is 0. The van der Waals surface area contributed by atoms with Gasteiger partial charge in [0, 0.05) is 42.8 Å². The predicted molar refractivity (Wildman–Crippen MR) is 346 cm³/mol. The van der Waals surface area contributed by atoms with Crippen molar-refractivity contribution in [1.29, 1.82) is 0 Å². The summed E-state index contributed by atoms with van der Waals surface area (Å²) < 4.78 is 17.6. The second kappa shape index (κ2) is 27.7. The van der Waals surface area contributed by atoms with Crippen molar-refractivity contribution in [2.45, 2.75) is 144 Å². The van der Waals surface area contributed by atoms with Crippen LogP contribution < -0.4 is 14.2 Å². The highest BCUT2D eigenvalue weighted by Crippen LogP contribution is 2.60. The van der Waals surface area contributed by atoms with E-state index in [4.69, 9.17) is 14.2 Å². The molecule has 84 heavy (non-hydrogen) atoms. The van der Waals surface area contributed by atoms with Crippen LogP contribution in [0.3, 0.4) is 0 Å². The van der Waals surface area contributed by atoms with Crippen LogP contribution in [0.15, 0.2) is 262 Å². The molecule has 0 atom stereocenters. The molecule has 0 radical (unpaired) electrons. The third-order valence-electron chi connectivity index (χ3n) is 16.3. The van der Waals surface area contributed by atoms with E-state index < -0.39 is 0 Å². The molecule has 0 spiro atoms. The molecule has 13 rings (SSSR count). The van der Waals surface area contributed by atoms with E-state index in [9.17, 15) is 9.59 Å². The summed E-state index contributed by atoms with van der Waals surface area (Å²) in [6, 6.07) is 77.3. The molecular formula is C76H79O5S3+3. The van der Waals surface area contributed by atoms with E-state index in [0.717, 1.165) is 70.8 Å². The van der Waals surface area contributed by atoms with Crippen LogP contribution in [0.5, 0.6) is 17.2 Å². The Morgan fingerprint density at radius 1 is 0.369 bits per heavy atom. The Labute approximate surface area is 508 Å². The van der Waals surface area contributed by atoms with Crippen molar-refractivity contribution in [3.8, 4) is 17.2 Å². The van der Waals surface area contributed by atoms with Gasteiger partial charge in [0.1, 0.15) is 17.2 Å². The number of hydrogen-bond donors (Lipinski definition) is 0. The molecule has 8 heteroatoms. The lowest BCUT2D eigenvalue weighted by Gasteiger charge is -2.55. The molecule has 4 aliphatic rings. The van der Waals surface area contributed by atoms with Crippen molar-refractivity contribution in [2.24, 2.45) is 23.2 Å². The first-order valence-electron chi connectivity index (χ1n) is 29.7. The number of rotatable bonds is 15. The number of esters is 2. The van der Waals surface area contributed by atoms with Crippen molar-refractivity contribution >= 4 is 44.6 Å². The van der Waals surface area contributed by atoms with Gasteiger partial charge >= 0.3 is 11.9 Å². The maximum atomic E-state index is 13.6. The lowest BCUT2D eigenvalue weighted by molar-refractivity contribution is -0.161. The van der Waals surface area contributed by atoms with E-state index in [1.165, 1.54) is 74.4 Å². The van der Waals surface area contributed by atoms with E-state index in [1.54, 1.807) is 0 Å². The largest absolute Gasteiger partial charge is 0.493 e. The molecule has 0 aromatic heterocycles. The zero-order valence-corrected chi connectivity index (χ0v) is 52.4. The molecule has 4 aliphatic carbocycles. The molecule has 4 fully saturated rings. The van der Waals surface area contributed by atoms with Gasteiger partial charge in [-0.05, 0) is 211 Å². The average Bonchev–Trinajstić information content (AvgIpc) is 1.83. The van der Waals surface area contributed by atoms with E-state index in [0.29, 0.717) is 18.8 Å². The highest BCUT2D eigenvalue weighted by Gasteiger charge is 2.56. The van der Waals surface area contributed by atoms with Crippen LogP contribution in [0.2, 0.25) is 0 Å². The van der Waals surface area contributed by atoms with Crippen molar-refractivity contribution in [3.63, 3.8) is 0 Å². The molecule has 0 saturated heterocycles. The van der Waals surface area contributed by atoms with Crippen LogP contribution in [0, 0.1) is 64.7 Å². The quantitative estimate of drug-likeness (QED) is 0.0581. The standard InChI is InChI=1S/C31H33O2S.C23H23O2S.C22H23OS/c1-21-13-28(34(26-9-5-3-6-10-26)27-11-7-4-8-12-27)14-22(2)29(21)33-30(32)31-18-23-15-24(19-31)17-25(16-23)20-31;1-4-22(24)25-23-17(2)15-21(16-18(23)3)26(19-11-7-5-8-12-19)20-13-9-6-10-14-20;1-4-23-22-17(2)15-21(16-18(22)3)24(19-11-7-5-8-12-19)20-13-9-6-10-14-20/h3-14,23-25H,15-20H2,1-2H3;5-16H,4H2,1-3H3;5-16H,4H2,1-3H3/q3*+1. The molecule has 5 nitrogen and oxygen atoms in total. The molecular weight excluding hydrogens is 1090 g/mol. The van der Waals surface area contributed by atoms with Gasteiger partial charge in [0.15, 0.2) is 44.1 Å². The molecule has 0 heterocycles. The minimum atomic E-state index is -0.231. The summed E-state index contributed by atoms with van der Waals surface area (Å²) in [4.78, 5) is 37.0. The molecule has 428 valence electrons. The van der Waals surface area contributed by atoms with Crippen molar-refractivity contribution in [1.82, 2.24) is 0 Å². The van der Waals surface area contributed by atoms with Crippen LogP contribution in [0.1, 0.15) is 92.2 Å². The fourth-order valence-electron chi connectivity index (χ4n) is 13.1. The van der Waals surface area contributed by atoms with Crippen LogP contribution in [-0.2, 0) is 42.3 Å². The fraction of sp³-hybridized carbons (Fsp3) is 0.263. The van der Waals surface area contributed by atoms with Crippen LogP contribution >= 0.6 is 0 Å². The van der Waals surface area contributed by atoms with E-state index in [-0.39, 0.29) is 50.0 Å².